The van der Waals surface area contributed by atoms with Gasteiger partial charge in [0.2, 0.25) is 0 Å². The molecule has 26 heavy (non-hydrogen) atoms. The van der Waals surface area contributed by atoms with Crippen molar-refractivity contribution in [1.29, 1.82) is 5.26 Å². The fourth-order valence-corrected chi connectivity index (χ4v) is 2.53. The number of nitrogens with two attached hydrogens (primary N) is 2. The normalized spacial score (nSPS) is 12.0. The van der Waals surface area contributed by atoms with Crippen molar-refractivity contribution < 1.29 is 0 Å². The molecule has 0 aliphatic heterocycles. The van der Waals surface area contributed by atoms with Gasteiger partial charge in [-0.15, -0.1) is 0 Å². The van der Waals surface area contributed by atoms with E-state index in [1.807, 2.05) is 52.0 Å². The number of nitrogens with zero attached hydrogens (tertiary/aromatic N) is 4. The van der Waals surface area contributed by atoms with Crippen molar-refractivity contribution in [3.8, 4) is 11.8 Å². The maximum Gasteiger partial charge on any atom is 0.188 e. The molecule has 0 amide bonds. The first-order valence-electron chi connectivity index (χ1n) is 8.64. The number of aromatic nitrogens is 2. The van der Waals surface area contributed by atoms with E-state index in [2.05, 4.69) is 21.5 Å². The van der Waals surface area contributed by atoms with Crippen molar-refractivity contribution in [2.24, 2.45) is 10.7 Å². The average Bonchev–Trinajstić information content (AvgIpc) is 2.86. The van der Waals surface area contributed by atoms with Gasteiger partial charge < -0.3 is 16.8 Å². The number of nitrogen functional groups attached to an aromatic ring is 1. The lowest BCUT2D eigenvalue weighted by atomic mass is 10.1. The molecule has 1 heterocycles. The van der Waals surface area contributed by atoms with Crippen LogP contribution < -0.4 is 16.8 Å². The monoisotopic (exact) mass is 353 g/mol. The lowest BCUT2D eigenvalue weighted by molar-refractivity contribution is 0.508. The quantitative estimate of drug-likeness (QED) is 0.433. The summed E-state index contributed by atoms with van der Waals surface area (Å²) in [6, 6.07) is 10.0. The summed E-state index contributed by atoms with van der Waals surface area (Å²) in [6.07, 6.45) is 1.34. The number of nitrogens with one attached hydrogen (secondary N) is 1. The zero-order valence-electron chi connectivity index (χ0n) is 15.9. The molecular formula is C19H27N7. The minimum Gasteiger partial charge on any atom is -0.382 e. The Kier molecular flexibility index (Phi) is 5.88. The topological polar surface area (TPSA) is 118 Å². The summed E-state index contributed by atoms with van der Waals surface area (Å²) >= 11 is 0. The molecule has 2 rings (SSSR count). The molecule has 7 nitrogen and oxygen atoms in total. The zero-order valence-corrected chi connectivity index (χ0v) is 15.9. The van der Waals surface area contributed by atoms with Crippen LogP contribution in [0.1, 0.15) is 44.0 Å². The molecule has 0 atom stereocenters. The third-order valence-electron chi connectivity index (χ3n) is 3.74. The number of nitriles is 1. The Morgan fingerprint density at radius 1 is 1.31 bits per heavy atom. The Hall–Kier alpha value is -3.01. The Morgan fingerprint density at radius 3 is 2.54 bits per heavy atom. The fourth-order valence-electron chi connectivity index (χ4n) is 2.53. The number of benzene rings is 1. The van der Waals surface area contributed by atoms with Gasteiger partial charge in [-0.3, -0.25) is 4.99 Å². The molecule has 0 fully saturated rings. The second kappa shape index (κ2) is 7.91. The van der Waals surface area contributed by atoms with Gasteiger partial charge in [0.05, 0.1) is 11.4 Å². The van der Waals surface area contributed by atoms with E-state index in [4.69, 9.17) is 11.5 Å². The number of guanidine groups is 1. The molecule has 0 saturated carbocycles. The van der Waals surface area contributed by atoms with Crippen LogP contribution in [0.15, 0.2) is 29.3 Å². The number of aliphatic imine (C=N–C) groups is 1. The highest BCUT2D eigenvalue weighted by Gasteiger charge is 2.16. The molecular weight excluding hydrogens is 326 g/mol. The Balaban J connectivity index is 2.08. The molecule has 2 aromatic rings. The summed E-state index contributed by atoms with van der Waals surface area (Å²) in [6.45, 7) is 8.64. The van der Waals surface area contributed by atoms with Crippen LogP contribution in [-0.4, -0.2) is 27.8 Å². The van der Waals surface area contributed by atoms with Crippen molar-refractivity contribution in [2.45, 2.75) is 46.1 Å². The number of hydrogen-bond donors (Lipinski definition) is 3. The van der Waals surface area contributed by atoms with Crippen LogP contribution >= 0.6 is 0 Å². The van der Waals surface area contributed by atoms with Crippen molar-refractivity contribution in [2.75, 3.05) is 12.3 Å². The maximum atomic E-state index is 9.44. The molecule has 0 aliphatic carbocycles. The van der Waals surface area contributed by atoms with Gasteiger partial charge in [-0.05, 0) is 52.7 Å². The van der Waals surface area contributed by atoms with Gasteiger partial charge in [-0.25, -0.2) is 4.68 Å². The van der Waals surface area contributed by atoms with Gasteiger partial charge in [0.15, 0.2) is 5.96 Å². The molecule has 0 aliphatic rings. The third kappa shape index (κ3) is 4.99. The first-order chi connectivity index (χ1) is 12.2. The summed E-state index contributed by atoms with van der Waals surface area (Å²) in [7, 11) is 0. The van der Waals surface area contributed by atoms with Crippen molar-refractivity contribution in [3.05, 3.63) is 41.1 Å². The van der Waals surface area contributed by atoms with Crippen molar-refractivity contribution in [1.82, 2.24) is 15.1 Å². The smallest absolute Gasteiger partial charge is 0.188 e. The second-order valence-electron chi connectivity index (χ2n) is 7.31. The van der Waals surface area contributed by atoms with Gasteiger partial charge in [0.25, 0.3) is 0 Å². The van der Waals surface area contributed by atoms with Gasteiger partial charge in [-0.1, -0.05) is 17.7 Å². The molecule has 0 bridgehead atoms. The minimum absolute atomic E-state index is 0.122. The molecule has 138 valence electrons. The number of rotatable bonds is 5. The van der Waals surface area contributed by atoms with Crippen LogP contribution in [0.25, 0.3) is 5.69 Å². The summed E-state index contributed by atoms with van der Waals surface area (Å²) in [5.41, 5.74) is 15.0. The highest BCUT2D eigenvalue weighted by Crippen LogP contribution is 2.21. The Morgan fingerprint density at radius 2 is 1.96 bits per heavy atom. The van der Waals surface area contributed by atoms with Crippen molar-refractivity contribution >= 4 is 11.8 Å². The lowest BCUT2D eigenvalue weighted by Gasteiger charge is -2.20. The van der Waals surface area contributed by atoms with E-state index in [0.717, 1.165) is 17.7 Å². The van der Waals surface area contributed by atoms with Crippen LogP contribution in [0.5, 0.6) is 0 Å². The van der Waals surface area contributed by atoms with E-state index in [1.165, 1.54) is 0 Å². The predicted molar refractivity (Wildman–Crippen MR) is 105 cm³/mol. The van der Waals surface area contributed by atoms with E-state index < -0.39 is 0 Å². The maximum absolute atomic E-state index is 9.44. The Bertz CT molecular complexity index is 817. The van der Waals surface area contributed by atoms with Crippen LogP contribution in [0.4, 0.5) is 5.82 Å². The van der Waals surface area contributed by atoms with Crippen LogP contribution in [-0.2, 0) is 6.42 Å². The first-order valence-corrected chi connectivity index (χ1v) is 8.64. The molecule has 7 heteroatoms. The average molecular weight is 353 g/mol. The standard InChI is InChI=1S/C19H27N7/c1-13-7-9-14(10-8-13)26-17(21)15(12-20)16(25-26)6-5-11-23-18(22)24-19(2,3)4/h7-10H,5-6,11,21H2,1-4H3,(H3,22,23,24). The van der Waals surface area contributed by atoms with E-state index >= 15 is 0 Å². The van der Waals surface area contributed by atoms with Gasteiger partial charge in [0, 0.05) is 12.1 Å². The number of anilines is 1. The minimum atomic E-state index is -0.122. The van der Waals surface area contributed by atoms with Crippen LogP contribution in [0, 0.1) is 18.3 Å². The van der Waals surface area contributed by atoms with E-state index in [-0.39, 0.29) is 5.54 Å². The highest BCUT2D eigenvalue weighted by atomic mass is 15.3. The largest absolute Gasteiger partial charge is 0.382 e. The van der Waals surface area contributed by atoms with Crippen LogP contribution in [0.3, 0.4) is 0 Å². The summed E-state index contributed by atoms with van der Waals surface area (Å²) in [5, 5.41) is 17.1. The molecule has 0 radical (unpaired) electrons. The van der Waals surface area contributed by atoms with E-state index in [1.54, 1.807) is 4.68 Å². The zero-order chi connectivity index (χ0) is 19.3. The summed E-state index contributed by atoms with van der Waals surface area (Å²) < 4.78 is 1.62. The molecule has 1 aromatic heterocycles. The molecule has 0 unspecified atom stereocenters. The third-order valence-corrected chi connectivity index (χ3v) is 3.74. The summed E-state index contributed by atoms with van der Waals surface area (Å²) in [4.78, 5) is 4.31. The predicted octanol–water partition coefficient (Wildman–Crippen LogP) is 2.27. The highest BCUT2D eigenvalue weighted by molar-refractivity contribution is 5.78. The van der Waals surface area contributed by atoms with Crippen molar-refractivity contribution in [3.63, 3.8) is 0 Å². The van der Waals surface area contributed by atoms with Crippen LogP contribution in [0.2, 0.25) is 0 Å². The first kappa shape index (κ1) is 19.3. The molecule has 1 aromatic carbocycles. The fraction of sp³-hybridized carbons (Fsp3) is 0.421. The number of hydrogen-bond acceptors (Lipinski definition) is 4. The SMILES string of the molecule is Cc1ccc(-n2nc(CCCN=C(N)NC(C)(C)C)c(C#N)c2N)cc1. The lowest BCUT2D eigenvalue weighted by Crippen LogP contribution is -2.45. The molecule has 0 spiro atoms. The Labute approximate surface area is 154 Å². The molecule has 5 N–H and O–H groups in total. The van der Waals surface area contributed by atoms with Gasteiger partial charge >= 0.3 is 0 Å². The van der Waals surface area contributed by atoms with Gasteiger partial charge in [-0.2, -0.15) is 10.4 Å². The number of aryl methyl sites for hydroxylation is 2. The molecule has 0 saturated heterocycles. The van der Waals surface area contributed by atoms with E-state index in [0.29, 0.717) is 36.0 Å². The summed E-state index contributed by atoms with van der Waals surface area (Å²) in [5.74, 6) is 0.784. The van der Waals surface area contributed by atoms with Gasteiger partial charge in [0.1, 0.15) is 17.5 Å². The van der Waals surface area contributed by atoms with E-state index in [9.17, 15) is 5.26 Å². The second-order valence-corrected chi connectivity index (χ2v) is 7.31.